The Hall–Kier alpha value is -2.91. The smallest absolute Gasteiger partial charge is 0.345 e. The van der Waals surface area contributed by atoms with Crippen molar-refractivity contribution in [1.29, 1.82) is 0 Å². The number of hydrogen-bond acceptors (Lipinski definition) is 5. The Kier molecular flexibility index (Phi) is 4.19. The van der Waals surface area contributed by atoms with Crippen molar-refractivity contribution in [3.05, 3.63) is 46.8 Å². The largest absolute Gasteiger partial charge is 0.433 e. The topological polar surface area (TPSA) is 71.3 Å². The van der Waals surface area contributed by atoms with Crippen LogP contribution in [0.1, 0.15) is 5.69 Å². The highest BCUT2D eigenvalue weighted by Gasteiger charge is 2.34. The molecule has 1 aliphatic heterocycles. The number of carbonyl (C=O) groups excluding carboxylic acids is 1. The second-order valence-electron chi connectivity index (χ2n) is 5.56. The molecule has 0 saturated carbocycles. The van der Waals surface area contributed by atoms with E-state index in [-0.39, 0.29) is 30.2 Å². The van der Waals surface area contributed by atoms with E-state index in [2.05, 4.69) is 9.97 Å². The minimum Gasteiger partial charge on any atom is -0.345 e. The Morgan fingerprint density at radius 1 is 1.12 bits per heavy atom. The van der Waals surface area contributed by atoms with Crippen LogP contribution < -0.4 is 15.4 Å². The van der Waals surface area contributed by atoms with Crippen molar-refractivity contribution in [1.82, 2.24) is 14.5 Å². The molecule has 1 saturated heterocycles. The molecule has 0 bridgehead atoms. The number of aryl methyl sites for hydroxylation is 1. The van der Waals surface area contributed by atoms with E-state index >= 15 is 0 Å². The predicted octanol–water partition coefficient (Wildman–Crippen LogP) is 1.05. The highest BCUT2D eigenvalue weighted by atomic mass is 19.4. The van der Waals surface area contributed by atoms with Crippen LogP contribution in [0, 0.1) is 0 Å². The SMILES string of the molecule is Cn1cnc(N2CCN(c3ccnc(C(F)(F)F)c3)C(=O)C2)cc1=O. The Labute approximate surface area is 140 Å². The van der Waals surface area contributed by atoms with Crippen LogP contribution in [0.2, 0.25) is 0 Å². The number of anilines is 2. The first-order valence-corrected chi connectivity index (χ1v) is 7.37. The first-order chi connectivity index (χ1) is 11.8. The standard InChI is InChI=1S/C15H14F3N5O2/c1-21-9-20-12(7-13(21)24)22-4-5-23(14(25)8-22)10-2-3-19-11(6-10)15(16,17)18/h2-3,6-7,9H,4-5,8H2,1H3. The number of halogens is 3. The number of hydrogen-bond donors (Lipinski definition) is 0. The first-order valence-electron chi connectivity index (χ1n) is 7.37. The maximum atomic E-state index is 12.8. The number of piperazine rings is 1. The molecule has 132 valence electrons. The minimum atomic E-state index is -4.57. The highest BCUT2D eigenvalue weighted by molar-refractivity contribution is 5.97. The summed E-state index contributed by atoms with van der Waals surface area (Å²) in [6, 6.07) is 3.53. The van der Waals surface area contributed by atoms with E-state index in [1.54, 1.807) is 11.9 Å². The van der Waals surface area contributed by atoms with E-state index < -0.39 is 11.9 Å². The highest BCUT2D eigenvalue weighted by Crippen LogP contribution is 2.30. The Bertz CT molecular complexity index is 865. The molecule has 10 heteroatoms. The molecule has 25 heavy (non-hydrogen) atoms. The number of rotatable bonds is 2. The van der Waals surface area contributed by atoms with Gasteiger partial charge in [-0.3, -0.25) is 14.6 Å². The fourth-order valence-corrected chi connectivity index (χ4v) is 2.51. The first kappa shape index (κ1) is 16.9. The summed E-state index contributed by atoms with van der Waals surface area (Å²) in [4.78, 5) is 34.3. The van der Waals surface area contributed by atoms with Crippen molar-refractivity contribution >= 4 is 17.4 Å². The molecule has 0 atom stereocenters. The number of nitrogens with zero attached hydrogens (tertiary/aromatic N) is 5. The van der Waals surface area contributed by atoms with Gasteiger partial charge < -0.3 is 14.4 Å². The summed E-state index contributed by atoms with van der Waals surface area (Å²) in [5.74, 6) is -0.0186. The average Bonchev–Trinajstić information content (AvgIpc) is 2.56. The zero-order valence-electron chi connectivity index (χ0n) is 13.2. The molecule has 7 nitrogen and oxygen atoms in total. The maximum Gasteiger partial charge on any atom is 0.433 e. The van der Waals surface area contributed by atoms with Gasteiger partial charge in [0.25, 0.3) is 5.56 Å². The van der Waals surface area contributed by atoms with Crippen molar-refractivity contribution < 1.29 is 18.0 Å². The van der Waals surface area contributed by atoms with Crippen molar-refractivity contribution in [2.45, 2.75) is 6.18 Å². The van der Waals surface area contributed by atoms with Gasteiger partial charge in [0.1, 0.15) is 11.5 Å². The molecule has 0 N–H and O–H groups in total. The number of carbonyl (C=O) groups is 1. The van der Waals surface area contributed by atoms with Crippen LogP contribution >= 0.6 is 0 Å². The van der Waals surface area contributed by atoms with E-state index in [1.165, 1.54) is 27.9 Å². The molecule has 3 rings (SSSR count). The molecular formula is C15H14F3N5O2. The normalized spacial score (nSPS) is 15.6. The zero-order valence-corrected chi connectivity index (χ0v) is 13.2. The van der Waals surface area contributed by atoms with Crippen molar-refractivity contribution in [2.24, 2.45) is 7.05 Å². The van der Waals surface area contributed by atoms with Crippen molar-refractivity contribution in [3.8, 4) is 0 Å². The summed E-state index contributed by atoms with van der Waals surface area (Å²) in [7, 11) is 1.56. The van der Waals surface area contributed by atoms with Crippen molar-refractivity contribution in [2.75, 3.05) is 29.4 Å². The Morgan fingerprint density at radius 3 is 2.52 bits per heavy atom. The summed E-state index contributed by atoms with van der Waals surface area (Å²) in [6.07, 6.45) is -2.19. The van der Waals surface area contributed by atoms with Crippen LogP contribution in [-0.4, -0.2) is 40.1 Å². The van der Waals surface area contributed by atoms with Gasteiger partial charge in [0.05, 0.1) is 12.9 Å². The van der Waals surface area contributed by atoms with Crippen LogP contribution in [0.3, 0.4) is 0 Å². The Morgan fingerprint density at radius 2 is 1.88 bits per heavy atom. The molecule has 0 unspecified atom stereocenters. The summed E-state index contributed by atoms with van der Waals surface area (Å²) in [5, 5.41) is 0. The van der Waals surface area contributed by atoms with Gasteiger partial charge in [0.2, 0.25) is 5.91 Å². The summed E-state index contributed by atoms with van der Waals surface area (Å²) < 4.78 is 39.6. The lowest BCUT2D eigenvalue weighted by Gasteiger charge is -2.35. The van der Waals surface area contributed by atoms with Gasteiger partial charge in [-0.1, -0.05) is 0 Å². The summed E-state index contributed by atoms with van der Waals surface area (Å²) >= 11 is 0. The van der Waals surface area contributed by atoms with Crippen LogP contribution in [0.4, 0.5) is 24.7 Å². The minimum absolute atomic E-state index is 0.0795. The third kappa shape index (κ3) is 3.47. The van der Waals surface area contributed by atoms with Crippen molar-refractivity contribution in [3.63, 3.8) is 0 Å². The third-order valence-corrected chi connectivity index (χ3v) is 3.85. The van der Waals surface area contributed by atoms with Crippen LogP contribution in [0.25, 0.3) is 0 Å². The number of pyridine rings is 1. The van der Waals surface area contributed by atoms with Crippen LogP contribution in [-0.2, 0) is 18.0 Å². The fraction of sp³-hybridized carbons (Fsp3) is 0.333. The van der Waals surface area contributed by atoms with Crippen LogP contribution in [0.5, 0.6) is 0 Å². The molecule has 1 fully saturated rings. The second kappa shape index (κ2) is 6.19. The molecule has 0 aliphatic carbocycles. The van der Waals surface area contributed by atoms with E-state index in [4.69, 9.17) is 0 Å². The van der Waals surface area contributed by atoms with E-state index in [0.717, 1.165) is 12.3 Å². The van der Waals surface area contributed by atoms with Gasteiger partial charge in [-0.25, -0.2) is 4.98 Å². The number of amides is 1. The molecule has 0 radical (unpaired) electrons. The van der Waals surface area contributed by atoms with Gasteiger partial charge in [-0.15, -0.1) is 0 Å². The number of alkyl halides is 3. The molecule has 0 aromatic carbocycles. The lowest BCUT2D eigenvalue weighted by Crippen LogP contribution is -2.51. The zero-order chi connectivity index (χ0) is 18.2. The molecule has 2 aromatic rings. The number of aromatic nitrogens is 3. The Balaban J connectivity index is 1.79. The average molecular weight is 353 g/mol. The van der Waals surface area contributed by atoms with E-state index in [9.17, 15) is 22.8 Å². The lowest BCUT2D eigenvalue weighted by molar-refractivity contribution is -0.141. The molecule has 0 spiro atoms. The second-order valence-corrected chi connectivity index (χ2v) is 5.56. The maximum absolute atomic E-state index is 12.8. The monoisotopic (exact) mass is 353 g/mol. The third-order valence-electron chi connectivity index (χ3n) is 3.85. The van der Waals surface area contributed by atoms with Gasteiger partial charge in [0, 0.05) is 38.1 Å². The summed E-state index contributed by atoms with van der Waals surface area (Å²) in [6.45, 7) is 0.441. The molecule has 1 aliphatic rings. The van der Waals surface area contributed by atoms with Gasteiger partial charge >= 0.3 is 6.18 Å². The lowest BCUT2D eigenvalue weighted by atomic mass is 10.2. The summed E-state index contributed by atoms with van der Waals surface area (Å²) in [5.41, 5.74) is -1.17. The van der Waals surface area contributed by atoms with E-state index in [0.29, 0.717) is 12.4 Å². The molecule has 2 aromatic heterocycles. The molecule has 3 heterocycles. The molecular weight excluding hydrogens is 339 g/mol. The van der Waals surface area contributed by atoms with Crippen LogP contribution in [0.15, 0.2) is 35.5 Å². The molecule has 1 amide bonds. The fourth-order valence-electron chi connectivity index (χ4n) is 2.51. The van der Waals surface area contributed by atoms with Gasteiger partial charge in [0.15, 0.2) is 0 Å². The predicted molar refractivity (Wildman–Crippen MR) is 83.3 cm³/mol. The van der Waals surface area contributed by atoms with Gasteiger partial charge in [-0.2, -0.15) is 13.2 Å². The quantitative estimate of drug-likeness (QED) is 0.807. The van der Waals surface area contributed by atoms with E-state index in [1.807, 2.05) is 0 Å². The van der Waals surface area contributed by atoms with Gasteiger partial charge in [-0.05, 0) is 12.1 Å².